The lowest BCUT2D eigenvalue weighted by atomic mass is 9.95. The number of carbonyl (C=O) groups is 2. The van der Waals surface area contributed by atoms with Crippen molar-refractivity contribution in [2.45, 2.75) is 65.0 Å². The zero-order valence-corrected chi connectivity index (χ0v) is 28.4. The van der Waals surface area contributed by atoms with Gasteiger partial charge in [0.1, 0.15) is 11.9 Å². The maximum atomic E-state index is 13.9. The number of pyridine rings is 1. The van der Waals surface area contributed by atoms with E-state index in [9.17, 15) is 14.4 Å². The van der Waals surface area contributed by atoms with Crippen molar-refractivity contribution in [3.05, 3.63) is 75.8 Å². The van der Waals surface area contributed by atoms with Crippen LogP contribution in [-0.2, 0) is 22.4 Å². The van der Waals surface area contributed by atoms with Gasteiger partial charge in [-0.3, -0.25) is 18.8 Å². The summed E-state index contributed by atoms with van der Waals surface area (Å²) in [5.74, 6) is 1.79. The van der Waals surface area contributed by atoms with Crippen molar-refractivity contribution < 1.29 is 23.8 Å². The average molecular weight is 657 g/mol. The number of fused-ring (bicyclic) bond motifs is 4. The minimum atomic E-state index is -0.656. The number of aryl methyl sites for hydroxylation is 2. The summed E-state index contributed by atoms with van der Waals surface area (Å²) in [7, 11) is 4.68. The highest BCUT2D eigenvalue weighted by Crippen LogP contribution is 2.50. The molecule has 254 valence electrons. The number of rotatable bonds is 13. The predicted molar refractivity (Wildman–Crippen MR) is 184 cm³/mol. The van der Waals surface area contributed by atoms with Crippen molar-refractivity contribution >= 4 is 23.1 Å². The molecule has 2 aromatic carbocycles. The van der Waals surface area contributed by atoms with Gasteiger partial charge >= 0.3 is 0 Å². The Balaban J connectivity index is 1.45. The minimum Gasteiger partial charge on any atom is -0.493 e. The Morgan fingerprint density at radius 3 is 2.54 bits per heavy atom. The van der Waals surface area contributed by atoms with Gasteiger partial charge in [0.15, 0.2) is 17.1 Å². The van der Waals surface area contributed by atoms with Crippen LogP contribution in [0.15, 0.2) is 53.5 Å². The molecule has 2 aromatic heterocycles. The lowest BCUT2D eigenvalue weighted by molar-refractivity contribution is -0.123. The summed E-state index contributed by atoms with van der Waals surface area (Å²) in [6, 6.07) is 11.7. The first-order valence-electron chi connectivity index (χ1n) is 16.3. The van der Waals surface area contributed by atoms with E-state index in [1.807, 2.05) is 54.8 Å². The Morgan fingerprint density at radius 1 is 1.04 bits per heavy atom. The molecule has 3 N–H and O–H groups in total. The summed E-state index contributed by atoms with van der Waals surface area (Å²) in [6.45, 7) is 5.89. The van der Waals surface area contributed by atoms with E-state index in [2.05, 4.69) is 26.1 Å². The molecule has 4 aromatic rings. The van der Waals surface area contributed by atoms with E-state index in [1.54, 1.807) is 33.5 Å². The number of methoxy groups -OCH3 is 3. The van der Waals surface area contributed by atoms with Gasteiger partial charge in [-0.05, 0) is 72.2 Å². The van der Waals surface area contributed by atoms with Crippen molar-refractivity contribution in [1.29, 1.82) is 0 Å². The van der Waals surface area contributed by atoms with E-state index in [4.69, 9.17) is 14.2 Å². The number of anilines is 1. The number of nitrogens with zero attached hydrogens (tertiary/aromatic N) is 3. The molecule has 5 rings (SSSR count). The Labute approximate surface area is 280 Å². The van der Waals surface area contributed by atoms with Crippen LogP contribution in [0.3, 0.4) is 0 Å². The largest absolute Gasteiger partial charge is 0.493 e. The second-order valence-electron chi connectivity index (χ2n) is 12.0. The third-order valence-corrected chi connectivity index (χ3v) is 8.98. The summed E-state index contributed by atoms with van der Waals surface area (Å²) >= 11 is 0. The van der Waals surface area contributed by atoms with Gasteiger partial charge in [-0.1, -0.05) is 32.4 Å². The van der Waals surface area contributed by atoms with Crippen molar-refractivity contribution in [2.24, 2.45) is 5.92 Å². The fraction of sp³-hybridized carbons (Fsp3) is 0.417. The summed E-state index contributed by atoms with van der Waals surface area (Å²) in [4.78, 5) is 39.8. The van der Waals surface area contributed by atoms with Crippen molar-refractivity contribution in [3.8, 4) is 28.4 Å². The van der Waals surface area contributed by atoms with Crippen LogP contribution in [0.4, 0.5) is 5.69 Å². The molecule has 12 heteroatoms. The van der Waals surface area contributed by atoms with Gasteiger partial charge in [0.2, 0.25) is 23.0 Å². The second kappa shape index (κ2) is 15.2. The van der Waals surface area contributed by atoms with Crippen LogP contribution in [0, 0.1) is 5.92 Å². The highest BCUT2D eigenvalue weighted by Gasteiger charge is 2.30. The smallest absolute Gasteiger partial charge is 0.242 e. The van der Waals surface area contributed by atoms with Crippen LogP contribution in [0.1, 0.15) is 63.0 Å². The molecule has 0 radical (unpaired) electrons. The van der Waals surface area contributed by atoms with Crippen LogP contribution < -0.4 is 35.6 Å². The Bertz CT molecular complexity index is 1860. The molecular weight excluding hydrogens is 612 g/mol. The highest BCUT2D eigenvalue weighted by molar-refractivity contribution is 5.86. The molecule has 2 amide bonds. The van der Waals surface area contributed by atoms with Crippen molar-refractivity contribution in [3.63, 3.8) is 0 Å². The minimum absolute atomic E-state index is 0.0714. The molecule has 12 nitrogen and oxygen atoms in total. The maximum Gasteiger partial charge on any atom is 0.242 e. The first-order valence-corrected chi connectivity index (χ1v) is 16.3. The van der Waals surface area contributed by atoms with E-state index in [1.165, 1.54) is 6.92 Å². The number of benzene rings is 1. The first kappa shape index (κ1) is 34.2. The van der Waals surface area contributed by atoms with Crippen LogP contribution in [0.2, 0.25) is 0 Å². The van der Waals surface area contributed by atoms with Gasteiger partial charge in [0, 0.05) is 31.6 Å². The van der Waals surface area contributed by atoms with Gasteiger partial charge in [-0.2, -0.15) is 0 Å². The van der Waals surface area contributed by atoms with Gasteiger partial charge < -0.3 is 30.2 Å². The van der Waals surface area contributed by atoms with Crippen LogP contribution in [0.25, 0.3) is 16.8 Å². The van der Waals surface area contributed by atoms with Crippen LogP contribution >= 0.6 is 0 Å². The molecule has 48 heavy (non-hydrogen) atoms. The second-order valence-corrected chi connectivity index (χ2v) is 12.0. The van der Waals surface area contributed by atoms with E-state index in [0.717, 1.165) is 34.6 Å². The number of hydrogen-bond acceptors (Lipinski definition) is 9. The molecule has 1 aliphatic carbocycles. The topological polar surface area (TPSA) is 145 Å². The molecule has 1 aliphatic rings. The SMILES string of the molecule is CC[C@@H](C)[C@H](Nc1ccc2c(cc1=O)[C@@H](NC(C)=O)CCc1cc(OC)c(OC)c(OC)c1-2)C(=O)NCCCc1nnc2ccccn12. The molecule has 0 saturated carbocycles. The predicted octanol–water partition coefficient (Wildman–Crippen LogP) is 4.48. The highest BCUT2D eigenvalue weighted by atomic mass is 16.5. The van der Waals surface area contributed by atoms with E-state index in [0.29, 0.717) is 55.0 Å². The lowest BCUT2D eigenvalue weighted by Gasteiger charge is -2.24. The zero-order valence-electron chi connectivity index (χ0n) is 28.4. The standard InChI is InChI=1S/C36H44N6O6/c1-7-21(2)33(36(45)37-17-10-12-31-41-40-30-11-8-9-18-42(30)31)39-27-16-14-24-25(20-28(27)44)26(38-22(3)43)15-13-23-19-29(46-4)34(47-5)35(48-6)32(23)24/h8-9,11,14,16,18-21,26,33H,7,10,12-13,15,17H2,1-6H3,(H,37,45)(H,38,43)(H,39,44)/t21-,26+,33+/m1/s1. The molecule has 2 heterocycles. The molecular formula is C36H44N6O6. The van der Waals surface area contributed by atoms with Crippen molar-refractivity contribution in [1.82, 2.24) is 25.2 Å². The molecule has 0 bridgehead atoms. The normalized spacial score (nSPS) is 14.9. The van der Waals surface area contributed by atoms with Crippen LogP contribution in [-0.4, -0.2) is 60.3 Å². The van der Waals surface area contributed by atoms with E-state index >= 15 is 0 Å². The third-order valence-electron chi connectivity index (χ3n) is 8.98. The Hall–Kier alpha value is -5.13. The molecule has 0 spiro atoms. The van der Waals surface area contributed by atoms with E-state index in [-0.39, 0.29) is 28.8 Å². The molecule has 3 atom stereocenters. The average Bonchev–Trinajstić information content (AvgIpc) is 3.36. The number of ether oxygens (including phenoxy) is 3. The number of carbonyl (C=O) groups excluding carboxylic acids is 2. The summed E-state index contributed by atoms with van der Waals surface area (Å²) in [6.07, 6.45) is 5.11. The molecule has 0 aliphatic heterocycles. The fourth-order valence-electron chi connectivity index (χ4n) is 6.33. The monoisotopic (exact) mass is 656 g/mol. The zero-order chi connectivity index (χ0) is 34.4. The molecule has 0 unspecified atom stereocenters. The van der Waals surface area contributed by atoms with Gasteiger partial charge in [0.25, 0.3) is 0 Å². The quantitative estimate of drug-likeness (QED) is 0.177. The van der Waals surface area contributed by atoms with Gasteiger partial charge in [-0.15, -0.1) is 10.2 Å². The summed E-state index contributed by atoms with van der Waals surface area (Å²) in [5, 5.41) is 17.8. The van der Waals surface area contributed by atoms with Crippen LogP contribution in [0.5, 0.6) is 17.2 Å². The summed E-state index contributed by atoms with van der Waals surface area (Å²) in [5.41, 5.74) is 3.82. The summed E-state index contributed by atoms with van der Waals surface area (Å²) < 4.78 is 19.1. The first-order chi connectivity index (χ1) is 23.2. The van der Waals surface area contributed by atoms with Gasteiger partial charge in [0.05, 0.1) is 33.1 Å². The number of nitrogens with one attached hydrogen (secondary N) is 3. The lowest BCUT2D eigenvalue weighted by Crippen LogP contribution is -2.44. The maximum absolute atomic E-state index is 13.9. The van der Waals surface area contributed by atoms with Gasteiger partial charge in [-0.25, -0.2) is 0 Å². The third kappa shape index (κ3) is 7.07. The number of aromatic nitrogens is 3. The number of hydrogen-bond donors (Lipinski definition) is 3. The van der Waals surface area contributed by atoms with Crippen molar-refractivity contribution in [2.75, 3.05) is 33.2 Å². The Kier molecular flexibility index (Phi) is 10.8. The molecule has 0 fully saturated rings. The number of amides is 2. The fourth-order valence-corrected chi connectivity index (χ4v) is 6.33. The Morgan fingerprint density at radius 2 is 1.83 bits per heavy atom. The van der Waals surface area contributed by atoms with E-state index < -0.39 is 12.1 Å². The molecule has 0 saturated heterocycles.